The van der Waals surface area contributed by atoms with E-state index >= 15 is 0 Å². The van der Waals surface area contributed by atoms with Gasteiger partial charge in [-0.25, -0.2) is 0 Å². The van der Waals surface area contributed by atoms with Gasteiger partial charge in [-0.15, -0.1) is 0 Å². The van der Waals surface area contributed by atoms with E-state index in [-0.39, 0.29) is 5.84 Å². The van der Waals surface area contributed by atoms with Crippen molar-refractivity contribution in [2.45, 2.75) is 0 Å². The lowest BCUT2D eigenvalue weighted by molar-refractivity contribution is 1.19. The fourth-order valence-corrected chi connectivity index (χ4v) is 5.49. The number of nitrogens with zero attached hydrogens (tertiary/aromatic N) is 1. The first-order valence-corrected chi connectivity index (χ1v) is 12.1. The molecule has 0 fully saturated rings. The van der Waals surface area contributed by atoms with Crippen molar-refractivity contribution in [3.8, 4) is 16.8 Å². The molecular formula is C33H23N3. The van der Waals surface area contributed by atoms with Gasteiger partial charge in [0.05, 0.1) is 11.0 Å². The van der Waals surface area contributed by atoms with Crippen LogP contribution in [0.2, 0.25) is 0 Å². The minimum absolute atomic E-state index is 0.0775. The van der Waals surface area contributed by atoms with Crippen molar-refractivity contribution in [2.75, 3.05) is 0 Å². The molecule has 0 atom stereocenters. The molecule has 0 aliphatic carbocycles. The Morgan fingerprint density at radius 3 is 1.97 bits per heavy atom. The van der Waals surface area contributed by atoms with Crippen LogP contribution in [0.5, 0.6) is 0 Å². The van der Waals surface area contributed by atoms with E-state index in [1.54, 1.807) is 0 Å². The van der Waals surface area contributed by atoms with Gasteiger partial charge >= 0.3 is 0 Å². The number of nitrogens with one attached hydrogen (secondary N) is 1. The number of hydrogen-bond donors (Lipinski definition) is 2. The monoisotopic (exact) mass is 461 g/mol. The highest BCUT2D eigenvalue weighted by Gasteiger charge is 2.15. The second-order valence-corrected chi connectivity index (χ2v) is 9.24. The van der Waals surface area contributed by atoms with Gasteiger partial charge in [0.1, 0.15) is 5.84 Å². The number of amidine groups is 1. The highest BCUT2D eigenvalue weighted by Crippen LogP contribution is 2.37. The summed E-state index contributed by atoms with van der Waals surface area (Å²) in [5.41, 5.74) is 12.3. The predicted molar refractivity (Wildman–Crippen MR) is 152 cm³/mol. The summed E-state index contributed by atoms with van der Waals surface area (Å²) in [6, 6.07) is 42.6. The van der Waals surface area contributed by atoms with Crippen LogP contribution in [-0.4, -0.2) is 10.4 Å². The first kappa shape index (κ1) is 20.5. The Morgan fingerprint density at radius 2 is 1.22 bits per heavy atom. The summed E-state index contributed by atoms with van der Waals surface area (Å²) in [4.78, 5) is 0. The molecule has 0 saturated heterocycles. The van der Waals surface area contributed by atoms with E-state index in [1.165, 1.54) is 32.6 Å². The molecule has 0 spiro atoms. The molecule has 3 N–H and O–H groups in total. The van der Waals surface area contributed by atoms with Gasteiger partial charge in [-0.2, -0.15) is 0 Å². The highest BCUT2D eigenvalue weighted by molar-refractivity contribution is 6.18. The maximum absolute atomic E-state index is 8.19. The zero-order chi connectivity index (χ0) is 24.2. The van der Waals surface area contributed by atoms with Gasteiger partial charge in [0.2, 0.25) is 0 Å². The van der Waals surface area contributed by atoms with Crippen LogP contribution in [0.4, 0.5) is 0 Å². The number of nitrogens with two attached hydrogens (primary N) is 1. The molecule has 0 unspecified atom stereocenters. The Hall–Kier alpha value is -4.89. The molecule has 170 valence electrons. The Bertz CT molecular complexity index is 1960. The minimum Gasteiger partial charge on any atom is -0.384 e. The third kappa shape index (κ3) is 3.03. The molecule has 0 bridgehead atoms. The second-order valence-electron chi connectivity index (χ2n) is 9.24. The van der Waals surface area contributed by atoms with Gasteiger partial charge in [0.25, 0.3) is 0 Å². The number of para-hydroxylation sites is 1. The van der Waals surface area contributed by atoms with E-state index in [1.807, 2.05) is 18.2 Å². The van der Waals surface area contributed by atoms with Crippen molar-refractivity contribution in [3.05, 3.63) is 127 Å². The number of benzene rings is 6. The van der Waals surface area contributed by atoms with Crippen molar-refractivity contribution < 1.29 is 0 Å². The van der Waals surface area contributed by atoms with Crippen LogP contribution in [0.15, 0.2) is 121 Å². The van der Waals surface area contributed by atoms with E-state index in [9.17, 15) is 0 Å². The lowest BCUT2D eigenvalue weighted by Crippen LogP contribution is -2.12. The molecule has 6 aromatic carbocycles. The number of rotatable bonds is 3. The fourth-order valence-electron chi connectivity index (χ4n) is 5.49. The lowest BCUT2D eigenvalue weighted by atomic mass is 9.95. The van der Waals surface area contributed by atoms with Crippen LogP contribution in [0.25, 0.3) is 60.2 Å². The zero-order valence-corrected chi connectivity index (χ0v) is 19.6. The van der Waals surface area contributed by atoms with Crippen molar-refractivity contribution >= 4 is 49.2 Å². The van der Waals surface area contributed by atoms with Crippen molar-refractivity contribution in [3.63, 3.8) is 0 Å². The van der Waals surface area contributed by atoms with E-state index in [0.29, 0.717) is 0 Å². The van der Waals surface area contributed by atoms with Gasteiger partial charge in [-0.3, -0.25) is 5.41 Å². The number of nitrogen functional groups attached to an aromatic ring is 1. The SMILES string of the molecule is N=C(N)c1cc2ccccc2cc1-c1ccc(-n2c3ccccc3c3ccc4ccccc4c32)cc1. The first-order chi connectivity index (χ1) is 17.7. The Kier molecular flexibility index (Phi) is 4.45. The minimum atomic E-state index is 0.0775. The maximum atomic E-state index is 8.19. The molecular weight excluding hydrogens is 438 g/mol. The molecule has 0 saturated carbocycles. The quantitative estimate of drug-likeness (QED) is 0.203. The van der Waals surface area contributed by atoms with Crippen LogP contribution in [-0.2, 0) is 0 Å². The summed E-state index contributed by atoms with van der Waals surface area (Å²) in [6.45, 7) is 0. The highest BCUT2D eigenvalue weighted by atomic mass is 15.0. The van der Waals surface area contributed by atoms with Crippen LogP contribution in [0.1, 0.15) is 5.56 Å². The van der Waals surface area contributed by atoms with Gasteiger partial charge in [-0.05, 0) is 57.6 Å². The average Bonchev–Trinajstić information content (AvgIpc) is 3.27. The van der Waals surface area contributed by atoms with E-state index < -0.39 is 0 Å². The number of fused-ring (bicyclic) bond motifs is 6. The topological polar surface area (TPSA) is 54.8 Å². The van der Waals surface area contributed by atoms with Gasteiger partial charge in [-0.1, -0.05) is 91.0 Å². The molecule has 1 heterocycles. The van der Waals surface area contributed by atoms with Crippen LogP contribution in [0, 0.1) is 5.41 Å². The summed E-state index contributed by atoms with van der Waals surface area (Å²) in [5.74, 6) is 0.0775. The molecule has 1 aromatic heterocycles. The van der Waals surface area contributed by atoms with Crippen LogP contribution in [0.3, 0.4) is 0 Å². The zero-order valence-electron chi connectivity index (χ0n) is 19.6. The van der Waals surface area contributed by atoms with Gasteiger partial charge in [0, 0.05) is 27.4 Å². The summed E-state index contributed by atoms with van der Waals surface area (Å²) in [5, 5.41) is 15.4. The maximum Gasteiger partial charge on any atom is 0.123 e. The van der Waals surface area contributed by atoms with Gasteiger partial charge < -0.3 is 10.3 Å². The molecule has 0 amide bonds. The Morgan fingerprint density at radius 1 is 0.583 bits per heavy atom. The Balaban J connectivity index is 1.47. The molecule has 7 rings (SSSR count). The smallest absolute Gasteiger partial charge is 0.123 e. The van der Waals surface area contributed by atoms with Crippen LogP contribution >= 0.6 is 0 Å². The van der Waals surface area contributed by atoms with Crippen molar-refractivity contribution in [1.82, 2.24) is 4.57 Å². The summed E-state index contributed by atoms with van der Waals surface area (Å²) >= 11 is 0. The van der Waals surface area contributed by atoms with Crippen molar-refractivity contribution in [1.29, 1.82) is 5.41 Å². The predicted octanol–water partition coefficient (Wildman–Crippen LogP) is 8.04. The third-order valence-electron chi connectivity index (χ3n) is 7.17. The first-order valence-electron chi connectivity index (χ1n) is 12.1. The third-order valence-corrected chi connectivity index (χ3v) is 7.17. The molecule has 7 aromatic rings. The Labute approximate surface area is 208 Å². The average molecular weight is 462 g/mol. The lowest BCUT2D eigenvalue weighted by Gasteiger charge is -2.13. The van der Waals surface area contributed by atoms with E-state index in [2.05, 4.69) is 108 Å². The second kappa shape index (κ2) is 7.82. The van der Waals surface area contributed by atoms with E-state index in [0.717, 1.165) is 33.2 Å². The summed E-state index contributed by atoms with van der Waals surface area (Å²) in [7, 11) is 0. The largest absolute Gasteiger partial charge is 0.384 e. The van der Waals surface area contributed by atoms with Crippen molar-refractivity contribution in [2.24, 2.45) is 5.73 Å². The summed E-state index contributed by atoms with van der Waals surface area (Å²) in [6.07, 6.45) is 0. The summed E-state index contributed by atoms with van der Waals surface area (Å²) < 4.78 is 2.36. The normalized spacial score (nSPS) is 11.6. The fraction of sp³-hybridized carbons (Fsp3) is 0. The molecule has 0 aliphatic heterocycles. The molecule has 0 aliphatic rings. The molecule has 3 heteroatoms. The number of aromatic nitrogens is 1. The molecule has 3 nitrogen and oxygen atoms in total. The molecule has 36 heavy (non-hydrogen) atoms. The standard InChI is InChI=1S/C33H23N3/c34-33(35)30-20-24-9-2-1-8-23(24)19-29(30)22-13-16-25(17-14-22)36-31-12-6-5-11-27(31)28-18-15-21-7-3-4-10-26(21)32(28)36/h1-20H,(H3,34,35). The molecule has 0 radical (unpaired) electrons. The van der Waals surface area contributed by atoms with Gasteiger partial charge in [0.15, 0.2) is 0 Å². The van der Waals surface area contributed by atoms with Crippen LogP contribution < -0.4 is 5.73 Å². The number of hydrogen-bond acceptors (Lipinski definition) is 1. The van der Waals surface area contributed by atoms with E-state index in [4.69, 9.17) is 11.1 Å².